The maximum absolute atomic E-state index is 11.2. The lowest BCUT2D eigenvalue weighted by molar-refractivity contribution is -0.119. The number of nitrogens with zero attached hydrogens (tertiary/aromatic N) is 2. The second-order valence-corrected chi connectivity index (χ2v) is 5.04. The largest absolute Gasteiger partial charge is 0.391 e. The Balaban J connectivity index is 2.25. The Kier molecular flexibility index (Phi) is 3.32. The molecule has 1 aliphatic rings. The maximum atomic E-state index is 11.2. The molecule has 1 atom stereocenters. The van der Waals surface area contributed by atoms with Crippen LogP contribution in [0.2, 0.25) is 5.15 Å². The molecular weight excluding hydrogens is 250 g/mol. The van der Waals surface area contributed by atoms with Crippen LogP contribution in [-0.2, 0) is 11.4 Å². The van der Waals surface area contributed by atoms with E-state index >= 15 is 0 Å². The predicted molar refractivity (Wildman–Crippen MR) is 62.6 cm³/mol. The summed E-state index contributed by atoms with van der Waals surface area (Å²) < 4.78 is 0. The number of nitrogens with two attached hydrogens (primary N) is 1. The second-order valence-electron chi connectivity index (χ2n) is 3.62. The molecule has 2 heterocycles. The Morgan fingerprint density at radius 1 is 1.75 bits per heavy atom. The lowest BCUT2D eigenvalue weighted by Gasteiger charge is -2.20. The summed E-state index contributed by atoms with van der Waals surface area (Å²) in [5, 5.41) is 9.99. The number of halogens is 1. The maximum Gasteiger partial charge on any atom is 0.240 e. The Morgan fingerprint density at radius 3 is 3.06 bits per heavy atom. The molecule has 5 nitrogen and oxygen atoms in total. The molecule has 1 fully saturated rings. The van der Waals surface area contributed by atoms with Crippen LogP contribution in [0.4, 0.5) is 5.13 Å². The van der Waals surface area contributed by atoms with Gasteiger partial charge in [0.05, 0.1) is 11.5 Å². The van der Waals surface area contributed by atoms with Gasteiger partial charge in [0, 0.05) is 6.54 Å². The molecule has 0 radical (unpaired) electrons. The minimum atomic E-state index is -0.339. The van der Waals surface area contributed by atoms with Crippen molar-refractivity contribution in [3.8, 4) is 0 Å². The summed E-state index contributed by atoms with van der Waals surface area (Å²) in [6, 6.07) is -0.297. The number of primary amides is 1. The third kappa shape index (κ3) is 2.00. The molecular formula is C9H12ClN3O2S. The van der Waals surface area contributed by atoms with E-state index in [1.165, 1.54) is 11.3 Å². The number of rotatable bonds is 3. The van der Waals surface area contributed by atoms with E-state index < -0.39 is 0 Å². The van der Waals surface area contributed by atoms with Gasteiger partial charge in [0.15, 0.2) is 5.13 Å². The van der Waals surface area contributed by atoms with Crippen LogP contribution in [0.1, 0.15) is 17.7 Å². The number of aliphatic hydroxyl groups excluding tert-OH is 1. The highest BCUT2D eigenvalue weighted by Crippen LogP contribution is 2.33. The first-order chi connectivity index (χ1) is 7.63. The van der Waals surface area contributed by atoms with Gasteiger partial charge in [-0.1, -0.05) is 22.9 Å². The molecule has 0 aliphatic carbocycles. The zero-order valence-corrected chi connectivity index (χ0v) is 10.1. The van der Waals surface area contributed by atoms with Crippen LogP contribution in [0.15, 0.2) is 0 Å². The highest BCUT2D eigenvalue weighted by Gasteiger charge is 2.31. The van der Waals surface area contributed by atoms with Gasteiger partial charge in [0.1, 0.15) is 11.2 Å². The molecule has 7 heteroatoms. The van der Waals surface area contributed by atoms with E-state index in [1.807, 2.05) is 4.90 Å². The van der Waals surface area contributed by atoms with Crippen molar-refractivity contribution < 1.29 is 9.90 Å². The van der Waals surface area contributed by atoms with Gasteiger partial charge in [0.2, 0.25) is 5.91 Å². The zero-order valence-electron chi connectivity index (χ0n) is 8.52. The zero-order chi connectivity index (χ0) is 11.7. The van der Waals surface area contributed by atoms with E-state index in [-0.39, 0.29) is 18.6 Å². The van der Waals surface area contributed by atoms with Gasteiger partial charge in [-0.05, 0) is 12.8 Å². The Morgan fingerprint density at radius 2 is 2.50 bits per heavy atom. The van der Waals surface area contributed by atoms with Crippen molar-refractivity contribution in [3.05, 3.63) is 10.0 Å². The van der Waals surface area contributed by atoms with Crippen LogP contribution < -0.4 is 10.6 Å². The highest BCUT2D eigenvalue weighted by atomic mass is 35.5. The summed E-state index contributed by atoms with van der Waals surface area (Å²) in [6.45, 7) is 0.619. The summed E-state index contributed by atoms with van der Waals surface area (Å²) in [6.07, 6.45) is 1.67. The van der Waals surface area contributed by atoms with Crippen LogP contribution in [-0.4, -0.2) is 28.6 Å². The van der Waals surface area contributed by atoms with Crippen LogP contribution >= 0.6 is 22.9 Å². The third-order valence-corrected chi connectivity index (χ3v) is 4.11. The van der Waals surface area contributed by atoms with E-state index in [1.54, 1.807) is 0 Å². The van der Waals surface area contributed by atoms with Crippen molar-refractivity contribution in [1.82, 2.24) is 4.98 Å². The molecule has 16 heavy (non-hydrogen) atoms. The molecule has 3 N–H and O–H groups in total. The average Bonchev–Trinajstić information content (AvgIpc) is 2.82. The number of anilines is 1. The van der Waals surface area contributed by atoms with Crippen molar-refractivity contribution in [2.24, 2.45) is 5.73 Å². The molecule has 1 aromatic rings. The van der Waals surface area contributed by atoms with Crippen LogP contribution in [0.3, 0.4) is 0 Å². The number of hydrogen-bond donors (Lipinski definition) is 2. The number of hydrogen-bond acceptors (Lipinski definition) is 5. The quantitative estimate of drug-likeness (QED) is 0.841. The molecule has 0 spiro atoms. The van der Waals surface area contributed by atoms with E-state index in [2.05, 4.69) is 4.98 Å². The predicted octanol–water partition coefficient (Wildman–Crippen LogP) is 0.743. The lowest BCUT2D eigenvalue weighted by Crippen LogP contribution is -2.40. The van der Waals surface area contributed by atoms with Crippen molar-refractivity contribution in [2.45, 2.75) is 25.5 Å². The number of thiazole rings is 1. The summed E-state index contributed by atoms with van der Waals surface area (Å²) in [5.74, 6) is -0.339. The molecule has 1 amide bonds. The standard InChI is InChI=1S/C9H12ClN3O2S/c10-7-6(4-14)16-9(12-7)13-3-1-2-5(13)8(11)15/h5,14H,1-4H2,(H2,11,15). The summed E-state index contributed by atoms with van der Waals surface area (Å²) >= 11 is 7.15. The number of carbonyl (C=O) groups excluding carboxylic acids is 1. The third-order valence-electron chi connectivity index (χ3n) is 2.61. The lowest BCUT2D eigenvalue weighted by atomic mass is 10.2. The van der Waals surface area contributed by atoms with Gasteiger partial charge >= 0.3 is 0 Å². The fourth-order valence-corrected chi connectivity index (χ4v) is 3.03. The number of carbonyl (C=O) groups is 1. The summed E-state index contributed by atoms with van der Waals surface area (Å²) in [4.78, 5) is 17.8. The average molecular weight is 262 g/mol. The van der Waals surface area contributed by atoms with E-state index in [0.29, 0.717) is 15.2 Å². The van der Waals surface area contributed by atoms with Crippen molar-refractivity contribution in [3.63, 3.8) is 0 Å². The van der Waals surface area contributed by atoms with Crippen molar-refractivity contribution in [2.75, 3.05) is 11.4 Å². The fourth-order valence-electron chi connectivity index (χ4n) is 1.83. The van der Waals surface area contributed by atoms with Gasteiger partial charge < -0.3 is 15.7 Å². The first-order valence-corrected chi connectivity index (χ1v) is 6.15. The Bertz CT molecular complexity index is 409. The first-order valence-electron chi connectivity index (χ1n) is 4.95. The first kappa shape index (κ1) is 11.6. The van der Waals surface area contributed by atoms with E-state index in [0.717, 1.165) is 19.4 Å². The minimum absolute atomic E-state index is 0.133. The minimum Gasteiger partial charge on any atom is -0.391 e. The number of aliphatic hydroxyl groups is 1. The Hall–Kier alpha value is -0.850. The van der Waals surface area contributed by atoms with Gasteiger partial charge in [-0.3, -0.25) is 4.79 Å². The topological polar surface area (TPSA) is 79.5 Å². The van der Waals surface area contributed by atoms with Crippen molar-refractivity contribution in [1.29, 1.82) is 0 Å². The van der Waals surface area contributed by atoms with Crippen molar-refractivity contribution >= 4 is 34.0 Å². The highest BCUT2D eigenvalue weighted by molar-refractivity contribution is 7.16. The van der Waals surface area contributed by atoms with Gasteiger partial charge in [-0.25, -0.2) is 4.98 Å². The molecule has 0 bridgehead atoms. The van der Waals surface area contributed by atoms with Crippen LogP contribution in [0, 0.1) is 0 Å². The molecule has 1 unspecified atom stereocenters. The molecule has 1 aromatic heterocycles. The Labute approximate surface area is 102 Å². The van der Waals surface area contributed by atoms with Gasteiger partial charge in [-0.2, -0.15) is 0 Å². The van der Waals surface area contributed by atoms with Crippen LogP contribution in [0.25, 0.3) is 0 Å². The summed E-state index contributed by atoms with van der Waals surface area (Å²) in [7, 11) is 0. The molecule has 1 saturated heterocycles. The molecule has 0 aromatic carbocycles. The molecule has 88 valence electrons. The van der Waals surface area contributed by atoms with Crippen LogP contribution in [0.5, 0.6) is 0 Å². The normalized spacial score (nSPS) is 20.4. The molecule has 1 aliphatic heterocycles. The number of aromatic nitrogens is 1. The summed E-state index contributed by atoms with van der Waals surface area (Å²) in [5.41, 5.74) is 5.32. The molecule has 2 rings (SSSR count). The van der Waals surface area contributed by atoms with E-state index in [4.69, 9.17) is 22.4 Å². The fraction of sp³-hybridized carbons (Fsp3) is 0.556. The smallest absolute Gasteiger partial charge is 0.240 e. The number of amides is 1. The van der Waals surface area contributed by atoms with E-state index in [9.17, 15) is 4.79 Å². The van der Waals surface area contributed by atoms with Gasteiger partial charge in [0.25, 0.3) is 0 Å². The SMILES string of the molecule is NC(=O)C1CCCN1c1nc(Cl)c(CO)s1. The van der Waals surface area contributed by atoms with Gasteiger partial charge in [-0.15, -0.1) is 0 Å². The molecule has 0 saturated carbocycles. The second kappa shape index (κ2) is 4.57. The monoisotopic (exact) mass is 261 g/mol.